The largest absolute Gasteiger partial charge is 0.381 e. The Morgan fingerprint density at radius 2 is 2.19 bits per heavy atom. The second kappa shape index (κ2) is 4.29. The van der Waals surface area contributed by atoms with E-state index in [-0.39, 0.29) is 0 Å². The summed E-state index contributed by atoms with van der Waals surface area (Å²) in [6.45, 7) is 4.08. The van der Waals surface area contributed by atoms with Crippen LogP contribution >= 0.6 is 15.9 Å². The lowest BCUT2D eigenvalue weighted by molar-refractivity contribution is 0.435. The number of benzene rings is 1. The maximum absolute atomic E-state index is 5.74. The number of anilines is 1. The Morgan fingerprint density at radius 1 is 1.44 bits per heavy atom. The number of rotatable bonds is 2. The van der Waals surface area contributed by atoms with Crippen molar-refractivity contribution in [3.63, 3.8) is 0 Å². The molecule has 0 saturated carbocycles. The minimum Gasteiger partial charge on any atom is -0.381 e. The normalized spacial score (nSPS) is 10.7. The van der Waals surface area contributed by atoms with E-state index in [1.165, 1.54) is 5.56 Å². The highest BCUT2D eigenvalue weighted by Gasteiger charge is 2.14. The first kappa shape index (κ1) is 11.2. The van der Waals surface area contributed by atoms with Gasteiger partial charge in [0.2, 0.25) is 0 Å². The fraction of sp³-hybridized carbons (Fsp3) is 0.250. The lowest BCUT2D eigenvalue weighted by Crippen LogP contribution is -1.91. The number of halogens is 1. The van der Waals surface area contributed by atoms with Crippen LogP contribution in [0.4, 0.5) is 5.82 Å². The second-order valence-corrected chi connectivity index (χ2v) is 4.55. The highest BCUT2D eigenvalue weighted by molar-refractivity contribution is 9.10. The topological polar surface area (TPSA) is 52.0 Å². The molecular formula is C12H13BrN2O. The average molecular weight is 281 g/mol. The molecule has 0 amide bonds. The van der Waals surface area contributed by atoms with Gasteiger partial charge in [0.25, 0.3) is 0 Å². The number of aryl methyl sites for hydroxylation is 1. The van der Waals surface area contributed by atoms with Gasteiger partial charge >= 0.3 is 0 Å². The number of nitrogen functional groups attached to an aromatic ring is 1. The van der Waals surface area contributed by atoms with Crippen LogP contribution in [0.2, 0.25) is 0 Å². The predicted octanol–water partition coefficient (Wildman–Crippen LogP) is 3.56. The van der Waals surface area contributed by atoms with Gasteiger partial charge in [-0.05, 0) is 25.0 Å². The summed E-state index contributed by atoms with van der Waals surface area (Å²) >= 11 is 3.50. The fourth-order valence-electron chi connectivity index (χ4n) is 1.62. The van der Waals surface area contributed by atoms with Crippen molar-refractivity contribution in [1.29, 1.82) is 0 Å². The smallest absolute Gasteiger partial charge is 0.172 e. The van der Waals surface area contributed by atoms with Crippen molar-refractivity contribution in [2.24, 2.45) is 0 Å². The molecule has 1 aromatic carbocycles. The van der Waals surface area contributed by atoms with Crippen molar-refractivity contribution in [3.8, 4) is 11.3 Å². The molecule has 1 heterocycles. The summed E-state index contributed by atoms with van der Waals surface area (Å²) in [5.41, 5.74) is 8.90. The Bertz CT molecular complexity index is 520. The Morgan fingerprint density at radius 3 is 2.81 bits per heavy atom. The third-order valence-electron chi connectivity index (χ3n) is 2.61. The van der Waals surface area contributed by atoms with E-state index in [2.05, 4.69) is 21.1 Å². The van der Waals surface area contributed by atoms with E-state index >= 15 is 0 Å². The van der Waals surface area contributed by atoms with Crippen molar-refractivity contribution < 1.29 is 4.52 Å². The molecule has 0 atom stereocenters. The van der Waals surface area contributed by atoms with Gasteiger partial charge in [-0.2, -0.15) is 0 Å². The standard InChI is InChI=1S/C12H13BrN2O/c1-3-9-11(16-15-12(9)14)8-5-4-7(2)10(13)6-8/h4-6H,3H2,1-2H3,(H2,14,15). The van der Waals surface area contributed by atoms with E-state index in [1.807, 2.05) is 32.0 Å². The number of nitrogens with two attached hydrogens (primary N) is 1. The minimum atomic E-state index is 0.481. The van der Waals surface area contributed by atoms with Crippen LogP contribution in [0, 0.1) is 6.92 Å². The van der Waals surface area contributed by atoms with E-state index < -0.39 is 0 Å². The van der Waals surface area contributed by atoms with Gasteiger partial charge in [-0.3, -0.25) is 0 Å². The lowest BCUT2D eigenvalue weighted by atomic mass is 10.1. The molecule has 0 radical (unpaired) electrons. The van der Waals surface area contributed by atoms with Crippen LogP contribution in [0.1, 0.15) is 18.1 Å². The fourth-order valence-corrected chi connectivity index (χ4v) is 2.00. The SMILES string of the molecule is CCc1c(N)noc1-c1ccc(C)c(Br)c1. The molecule has 0 aliphatic rings. The van der Waals surface area contributed by atoms with E-state index in [0.717, 1.165) is 27.8 Å². The molecule has 0 spiro atoms. The quantitative estimate of drug-likeness (QED) is 0.915. The minimum absolute atomic E-state index is 0.481. The number of nitrogens with zero attached hydrogens (tertiary/aromatic N) is 1. The van der Waals surface area contributed by atoms with Gasteiger partial charge in [0, 0.05) is 15.6 Å². The third-order valence-corrected chi connectivity index (χ3v) is 3.46. The van der Waals surface area contributed by atoms with E-state index in [4.69, 9.17) is 10.3 Å². The van der Waals surface area contributed by atoms with Crippen LogP contribution in [0.15, 0.2) is 27.2 Å². The number of aromatic nitrogens is 1. The van der Waals surface area contributed by atoms with Crippen LogP contribution in [0.3, 0.4) is 0 Å². The summed E-state index contributed by atoms with van der Waals surface area (Å²) in [4.78, 5) is 0. The average Bonchev–Trinajstić information content (AvgIpc) is 2.63. The molecule has 3 nitrogen and oxygen atoms in total. The van der Waals surface area contributed by atoms with Crippen molar-refractivity contribution >= 4 is 21.7 Å². The summed E-state index contributed by atoms with van der Waals surface area (Å²) in [6, 6.07) is 6.07. The molecule has 1 aromatic heterocycles. The number of hydrogen-bond donors (Lipinski definition) is 1. The molecule has 0 bridgehead atoms. The highest BCUT2D eigenvalue weighted by atomic mass is 79.9. The van der Waals surface area contributed by atoms with Gasteiger partial charge in [0.05, 0.1) is 0 Å². The summed E-state index contributed by atoms with van der Waals surface area (Å²) in [5, 5.41) is 3.80. The summed E-state index contributed by atoms with van der Waals surface area (Å²) in [5.74, 6) is 1.25. The molecule has 0 aliphatic heterocycles. The second-order valence-electron chi connectivity index (χ2n) is 3.69. The molecule has 4 heteroatoms. The van der Waals surface area contributed by atoms with Gasteiger partial charge in [-0.1, -0.05) is 40.1 Å². The molecule has 16 heavy (non-hydrogen) atoms. The van der Waals surface area contributed by atoms with Gasteiger partial charge in [0.15, 0.2) is 11.6 Å². The van der Waals surface area contributed by atoms with Crippen molar-refractivity contribution in [2.45, 2.75) is 20.3 Å². The number of hydrogen-bond acceptors (Lipinski definition) is 3. The Hall–Kier alpha value is -1.29. The van der Waals surface area contributed by atoms with Gasteiger partial charge in [-0.15, -0.1) is 0 Å². The molecule has 2 N–H and O–H groups in total. The van der Waals surface area contributed by atoms with Crippen molar-refractivity contribution in [2.75, 3.05) is 5.73 Å². The monoisotopic (exact) mass is 280 g/mol. The summed E-state index contributed by atoms with van der Waals surface area (Å²) in [6.07, 6.45) is 0.816. The van der Waals surface area contributed by atoms with Crippen LogP contribution < -0.4 is 5.73 Å². The molecule has 84 valence electrons. The zero-order valence-corrected chi connectivity index (χ0v) is 10.8. The van der Waals surface area contributed by atoms with Crippen LogP contribution in [0.25, 0.3) is 11.3 Å². The van der Waals surface area contributed by atoms with E-state index in [1.54, 1.807) is 0 Å². The zero-order valence-electron chi connectivity index (χ0n) is 9.25. The molecule has 2 rings (SSSR count). The first-order chi connectivity index (χ1) is 7.63. The van der Waals surface area contributed by atoms with Crippen molar-refractivity contribution in [1.82, 2.24) is 5.16 Å². The molecular weight excluding hydrogens is 268 g/mol. The van der Waals surface area contributed by atoms with E-state index in [9.17, 15) is 0 Å². The molecule has 2 aromatic rings. The van der Waals surface area contributed by atoms with Crippen LogP contribution in [0.5, 0.6) is 0 Å². The molecule has 0 fully saturated rings. The summed E-state index contributed by atoms with van der Waals surface area (Å²) < 4.78 is 6.33. The van der Waals surface area contributed by atoms with Crippen LogP contribution in [-0.2, 0) is 6.42 Å². The maximum atomic E-state index is 5.74. The van der Waals surface area contributed by atoms with Gasteiger partial charge in [-0.25, -0.2) is 0 Å². The maximum Gasteiger partial charge on any atom is 0.172 e. The van der Waals surface area contributed by atoms with Gasteiger partial charge in [0.1, 0.15) is 0 Å². The molecule has 0 saturated heterocycles. The Kier molecular flexibility index (Phi) is 3.01. The Balaban J connectivity index is 2.54. The highest BCUT2D eigenvalue weighted by Crippen LogP contribution is 2.30. The predicted molar refractivity (Wildman–Crippen MR) is 68.2 cm³/mol. The third kappa shape index (κ3) is 1.85. The molecule has 0 aliphatic carbocycles. The van der Waals surface area contributed by atoms with Crippen LogP contribution in [-0.4, -0.2) is 5.16 Å². The lowest BCUT2D eigenvalue weighted by Gasteiger charge is -2.02. The summed E-state index contributed by atoms with van der Waals surface area (Å²) in [7, 11) is 0. The Labute approximate surface area is 103 Å². The first-order valence-corrected chi connectivity index (χ1v) is 5.93. The van der Waals surface area contributed by atoms with E-state index in [0.29, 0.717) is 5.82 Å². The van der Waals surface area contributed by atoms with Gasteiger partial charge < -0.3 is 10.3 Å². The van der Waals surface area contributed by atoms with Crippen molar-refractivity contribution in [3.05, 3.63) is 33.8 Å². The molecule has 0 unspecified atom stereocenters. The zero-order chi connectivity index (χ0) is 11.7. The first-order valence-electron chi connectivity index (χ1n) is 5.14.